The minimum atomic E-state index is -5.19. The topological polar surface area (TPSA) is 167 Å². The molecule has 0 spiro atoms. The second-order valence-corrected chi connectivity index (χ2v) is 9.15. The third-order valence-electron chi connectivity index (χ3n) is 5.35. The first-order chi connectivity index (χ1) is 16.8. The van der Waals surface area contributed by atoms with Gasteiger partial charge in [0, 0.05) is 19.9 Å². The maximum atomic E-state index is 13.1. The molecule has 0 saturated carbocycles. The molecule has 1 aliphatic rings. The molecular formula is C22H27F3N4O6S. The van der Waals surface area contributed by atoms with Gasteiger partial charge in [0.1, 0.15) is 12.0 Å². The molecule has 3 rings (SSSR count). The van der Waals surface area contributed by atoms with Gasteiger partial charge in [-0.25, -0.2) is 4.98 Å². The van der Waals surface area contributed by atoms with Crippen LogP contribution >= 0.6 is 11.3 Å². The van der Waals surface area contributed by atoms with Gasteiger partial charge in [-0.15, -0.1) is 11.3 Å². The number of aliphatic hydroxyl groups excluding tert-OH is 1. The molecule has 0 aliphatic carbocycles. The molecule has 1 aliphatic heterocycles. The van der Waals surface area contributed by atoms with Crippen LogP contribution in [0, 0.1) is 0 Å². The number of ketones is 1. The fraction of sp³-hybridized carbons (Fsp3) is 0.500. The Morgan fingerprint density at radius 2 is 1.92 bits per heavy atom. The number of quaternary nitrogens is 1. The first-order valence-electron chi connectivity index (χ1n) is 11.1. The van der Waals surface area contributed by atoms with Gasteiger partial charge >= 0.3 is 6.18 Å². The Morgan fingerprint density at radius 3 is 2.47 bits per heavy atom. The Kier molecular flexibility index (Phi) is 10.3. The number of hydrogen-bond acceptors (Lipinski definition) is 8. The summed E-state index contributed by atoms with van der Waals surface area (Å²) < 4.78 is 32.5. The minimum Gasteiger partial charge on any atom is -0.542 e. The van der Waals surface area contributed by atoms with Crippen LogP contribution in [0.2, 0.25) is 0 Å². The lowest BCUT2D eigenvalue weighted by molar-refractivity contribution is -0.368. The summed E-state index contributed by atoms with van der Waals surface area (Å²) in [7, 11) is 0. The Hall–Kier alpha value is -3.10. The number of Topliss-reactive ketones (excluding diaryl/α,β-unsaturated/α-hetero) is 1. The number of β-amino-alcohol motifs (C(OH)–C–C–N with tert-alkyl or cyclic N) is 1. The van der Waals surface area contributed by atoms with E-state index in [1.165, 1.54) is 23.2 Å². The Balaban J connectivity index is 0.000000572. The summed E-state index contributed by atoms with van der Waals surface area (Å²) in [6.45, 7) is 2.25. The van der Waals surface area contributed by atoms with E-state index in [1.807, 2.05) is 24.3 Å². The zero-order chi connectivity index (χ0) is 27.0. The van der Waals surface area contributed by atoms with Gasteiger partial charge in [0.25, 0.3) is 0 Å². The van der Waals surface area contributed by atoms with Crippen molar-refractivity contribution in [2.24, 2.45) is 0 Å². The van der Waals surface area contributed by atoms with Gasteiger partial charge < -0.3 is 31.0 Å². The number of nitrogens with zero attached hydrogens (tertiary/aromatic N) is 2. The predicted octanol–water partition coefficient (Wildman–Crippen LogP) is -0.344. The van der Waals surface area contributed by atoms with E-state index >= 15 is 0 Å². The van der Waals surface area contributed by atoms with E-state index in [0.717, 1.165) is 29.6 Å². The summed E-state index contributed by atoms with van der Waals surface area (Å²) in [6, 6.07) is 6.03. The molecule has 36 heavy (non-hydrogen) atoms. The smallest absolute Gasteiger partial charge is 0.430 e. The lowest BCUT2D eigenvalue weighted by Gasteiger charge is -2.24. The van der Waals surface area contributed by atoms with E-state index in [9.17, 15) is 32.7 Å². The number of fused-ring (bicyclic) bond motifs is 1. The SMILES string of the molecule is CC(=O)N1C[C@H](O)C[C@H]1C(=O)N[C@@H](CCCC[NH3+])C(=O)c1nc2ccccc2s1.O=C([O-])C(F)(F)F. The molecule has 2 heterocycles. The van der Waals surface area contributed by atoms with Gasteiger partial charge in [0.15, 0.2) is 5.01 Å². The maximum absolute atomic E-state index is 13.1. The van der Waals surface area contributed by atoms with E-state index in [-0.39, 0.29) is 24.7 Å². The molecule has 1 fully saturated rings. The lowest BCUT2D eigenvalue weighted by Crippen LogP contribution is -2.51. The van der Waals surface area contributed by atoms with Crippen LogP contribution in [0.15, 0.2) is 24.3 Å². The second kappa shape index (κ2) is 12.7. The number of benzene rings is 1. The third-order valence-corrected chi connectivity index (χ3v) is 6.40. The number of carboxylic acid groups (broad SMARTS) is 1. The predicted molar refractivity (Wildman–Crippen MR) is 120 cm³/mol. The van der Waals surface area contributed by atoms with Crippen LogP contribution in [0.1, 0.15) is 42.4 Å². The number of nitrogens with one attached hydrogen (secondary N) is 1. The van der Waals surface area contributed by atoms with E-state index < -0.39 is 36.2 Å². The summed E-state index contributed by atoms with van der Waals surface area (Å²) in [5.74, 6) is -3.91. The molecule has 1 aromatic heterocycles. The summed E-state index contributed by atoms with van der Waals surface area (Å²) in [5.41, 5.74) is 4.58. The number of unbranched alkanes of at least 4 members (excludes halogenated alkanes) is 1. The van der Waals surface area contributed by atoms with Gasteiger partial charge in [0.2, 0.25) is 17.6 Å². The fourth-order valence-corrected chi connectivity index (χ4v) is 4.56. The molecule has 3 atom stereocenters. The number of rotatable bonds is 8. The number of alkyl halides is 3. The number of carbonyl (C=O) groups is 4. The fourth-order valence-electron chi connectivity index (χ4n) is 3.60. The van der Waals surface area contributed by atoms with Gasteiger partial charge in [-0.1, -0.05) is 12.1 Å². The number of aromatic nitrogens is 1. The molecule has 1 saturated heterocycles. The quantitative estimate of drug-likeness (QED) is 0.309. The number of likely N-dealkylation sites (tertiary alicyclic amines) is 1. The van der Waals surface area contributed by atoms with Crippen LogP contribution in [-0.2, 0) is 14.4 Å². The zero-order valence-electron chi connectivity index (χ0n) is 19.4. The maximum Gasteiger partial charge on any atom is 0.430 e. The molecule has 0 bridgehead atoms. The summed E-state index contributed by atoms with van der Waals surface area (Å²) in [4.78, 5) is 52.4. The highest BCUT2D eigenvalue weighted by molar-refractivity contribution is 7.20. The summed E-state index contributed by atoms with van der Waals surface area (Å²) >= 11 is 1.31. The molecule has 10 nitrogen and oxygen atoms in total. The van der Waals surface area contributed by atoms with Crippen molar-refractivity contribution in [1.82, 2.24) is 15.2 Å². The normalized spacial score (nSPS) is 18.3. The number of hydrogen-bond donors (Lipinski definition) is 3. The molecular weight excluding hydrogens is 505 g/mol. The molecule has 0 unspecified atom stereocenters. The molecule has 2 amide bonds. The zero-order valence-corrected chi connectivity index (χ0v) is 20.2. The second-order valence-electron chi connectivity index (χ2n) is 8.12. The van der Waals surface area contributed by atoms with Crippen molar-refractivity contribution >= 4 is 45.1 Å². The number of carbonyl (C=O) groups excluding carboxylic acids is 4. The first kappa shape index (κ1) is 29.1. The van der Waals surface area contributed by atoms with Crippen molar-refractivity contribution in [3.63, 3.8) is 0 Å². The highest BCUT2D eigenvalue weighted by Gasteiger charge is 2.39. The summed E-state index contributed by atoms with van der Waals surface area (Å²) in [6.07, 6.45) is -3.69. The van der Waals surface area contributed by atoms with Crippen LogP contribution in [0.25, 0.3) is 10.2 Å². The summed E-state index contributed by atoms with van der Waals surface area (Å²) in [5, 5.41) is 21.9. The van der Waals surface area contributed by atoms with Crippen molar-refractivity contribution in [3.05, 3.63) is 29.3 Å². The molecule has 14 heteroatoms. The van der Waals surface area contributed by atoms with E-state index in [2.05, 4.69) is 16.0 Å². The van der Waals surface area contributed by atoms with Crippen molar-refractivity contribution in [2.45, 2.75) is 57.0 Å². The van der Waals surface area contributed by atoms with Crippen molar-refractivity contribution < 1.29 is 48.3 Å². The molecule has 5 N–H and O–H groups in total. The van der Waals surface area contributed by atoms with Crippen LogP contribution in [-0.4, -0.2) is 76.0 Å². The monoisotopic (exact) mass is 532 g/mol. The average molecular weight is 533 g/mol. The van der Waals surface area contributed by atoms with Gasteiger partial charge in [-0.05, 0) is 31.4 Å². The third kappa shape index (κ3) is 7.96. The minimum absolute atomic E-state index is 0.130. The van der Waals surface area contributed by atoms with Gasteiger partial charge in [-0.2, -0.15) is 13.2 Å². The van der Waals surface area contributed by atoms with Crippen LogP contribution in [0.4, 0.5) is 13.2 Å². The molecule has 2 aromatic rings. The van der Waals surface area contributed by atoms with E-state index in [0.29, 0.717) is 11.4 Å². The van der Waals surface area contributed by atoms with E-state index in [1.54, 1.807) is 0 Å². The Morgan fingerprint density at radius 1 is 1.28 bits per heavy atom. The Bertz CT molecular complexity index is 1060. The van der Waals surface area contributed by atoms with Crippen molar-refractivity contribution in [2.75, 3.05) is 13.1 Å². The lowest BCUT2D eigenvalue weighted by atomic mass is 10.0. The number of thiazole rings is 1. The highest BCUT2D eigenvalue weighted by Crippen LogP contribution is 2.24. The number of para-hydroxylation sites is 1. The molecule has 1 aromatic carbocycles. The standard InChI is InChI=1S/C20H26N4O4S.C2HF3O2/c1-12(25)24-11-13(26)10-16(24)19(28)22-15(7-4-5-9-21)18(27)20-23-14-6-2-3-8-17(14)29-20;3-2(4,5)1(6)7/h2-3,6,8,13,15-16,26H,4-5,7,9-11,21H2,1H3,(H,22,28);(H,6,7)/t13-,15+,16+;/m1./s1. The van der Waals surface area contributed by atoms with Crippen LogP contribution in [0.3, 0.4) is 0 Å². The number of halogens is 3. The number of carboxylic acids is 1. The van der Waals surface area contributed by atoms with E-state index in [4.69, 9.17) is 9.90 Å². The molecule has 0 radical (unpaired) electrons. The average Bonchev–Trinajstić information content (AvgIpc) is 3.41. The highest BCUT2D eigenvalue weighted by atomic mass is 32.1. The number of aliphatic carboxylic acids is 1. The largest absolute Gasteiger partial charge is 0.542 e. The van der Waals surface area contributed by atoms with Gasteiger partial charge in [0.05, 0.1) is 28.9 Å². The number of aliphatic hydroxyl groups is 1. The van der Waals surface area contributed by atoms with Crippen molar-refractivity contribution in [1.29, 1.82) is 0 Å². The van der Waals surface area contributed by atoms with Gasteiger partial charge in [-0.3, -0.25) is 14.4 Å². The first-order valence-corrected chi connectivity index (χ1v) is 11.9. The van der Waals surface area contributed by atoms with Crippen LogP contribution < -0.4 is 16.2 Å². The number of amides is 2. The Labute approximate surface area is 208 Å². The van der Waals surface area contributed by atoms with Crippen molar-refractivity contribution in [3.8, 4) is 0 Å². The molecule has 198 valence electrons. The van der Waals surface area contributed by atoms with Crippen LogP contribution in [0.5, 0.6) is 0 Å².